The van der Waals surface area contributed by atoms with Crippen molar-refractivity contribution < 1.29 is 23.6 Å². The van der Waals surface area contributed by atoms with E-state index in [2.05, 4.69) is 5.32 Å². The fourth-order valence-electron chi connectivity index (χ4n) is 3.22. The van der Waals surface area contributed by atoms with Gasteiger partial charge < -0.3 is 15.0 Å². The third-order valence-electron chi connectivity index (χ3n) is 4.58. The topological polar surface area (TPSA) is 102 Å². The summed E-state index contributed by atoms with van der Waals surface area (Å²) in [7, 11) is 0. The van der Waals surface area contributed by atoms with Gasteiger partial charge in [-0.3, -0.25) is 14.9 Å². The van der Waals surface area contributed by atoms with Gasteiger partial charge in [-0.15, -0.1) is 0 Å². The van der Waals surface area contributed by atoms with E-state index in [-0.39, 0.29) is 23.4 Å². The van der Waals surface area contributed by atoms with Gasteiger partial charge in [-0.25, -0.2) is 9.18 Å². The molecule has 0 atom stereocenters. The number of carbonyl (C=O) groups excluding carboxylic acids is 2. The summed E-state index contributed by atoms with van der Waals surface area (Å²) < 4.78 is 19.3. The number of rotatable bonds is 6. The Morgan fingerprint density at radius 1 is 1.21 bits per heavy atom. The molecule has 1 saturated heterocycles. The number of nitrogens with zero attached hydrogens (tertiary/aromatic N) is 2. The molecule has 9 heteroatoms. The van der Waals surface area contributed by atoms with Crippen LogP contribution in [-0.2, 0) is 4.74 Å². The first-order chi connectivity index (χ1) is 13.9. The van der Waals surface area contributed by atoms with Gasteiger partial charge in [0.25, 0.3) is 11.6 Å². The number of ether oxygens (including phenoxy) is 1. The van der Waals surface area contributed by atoms with Crippen molar-refractivity contribution in [1.82, 2.24) is 0 Å². The molecule has 8 nitrogen and oxygen atoms in total. The number of non-ortho nitro benzene ring substituents is 1. The fraction of sp³-hybridized carbons (Fsp3) is 0.300. The maximum absolute atomic E-state index is 14.5. The highest BCUT2D eigenvalue weighted by molar-refractivity contribution is 6.07. The molecule has 0 saturated carbocycles. The zero-order valence-corrected chi connectivity index (χ0v) is 15.8. The SMILES string of the molecule is CCOC(=O)c1cc(C(=O)Nc2c(F)cccc2N2CCCC2)cc([N+](=O)[O-])c1. The molecule has 0 spiro atoms. The summed E-state index contributed by atoms with van der Waals surface area (Å²) in [6, 6.07) is 7.76. The van der Waals surface area contributed by atoms with Crippen molar-refractivity contribution >= 4 is 28.9 Å². The number of benzene rings is 2. The number of carbonyl (C=O) groups is 2. The number of hydrogen-bond donors (Lipinski definition) is 1. The molecule has 0 unspecified atom stereocenters. The average molecular weight is 401 g/mol. The zero-order chi connectivity index (χ0) is 21.0. The number of halogens is 1. The van der Waals surface area contributed by atoms with Crippen LogP contribution in [0.5, 0.6) is 0 Å². The number of hydrogen-bond acceptors (Lipinski definition) is 6. The van der Waals surface area contributed by atoms with Crippen molar-refractivity contribution in [2.24, 2.45) is 0 Å². The van der Waals surface area contributed by atoms with Gasteiger partial charge in [0.2, 0.25) is 0 Å². The van der Waals surface area contributed by atoms with Crippen LogP contribution in [0.1, 0.15) is 40.5 Å². The van der Waals surface area contributed by atoms with Crippen LogP contribution < -0.4 is 10.2 Å². The standard InChI is InChI=1S/C20H20FN3O5/c1-2-29-20(26)14-10-13(11-15(12-14)24(27)28)19(25)22-18-16(21)6-5-7-17(18)23-8-3-4-9-23/h5-7,10-12H,2-4,8-9H2,1H3,(H,22,25). The number of nitrogens with one attached hydrogen (secondary N) is 1. The van der Waals surface area contributed by atoms with E-state index >= 15 is 0 Å². The highest BCUT2D eigenvalue weighted by Crippen LogP contribution is 2.32. The quantitative estimate of drug-likeness (QED) is 0.449. The summed E-state index contributed by atoms with van der Waals surface area (Å²) in [6.07, 6.45) is 1.94. The van der Waals surface area contributed by atoms with Gasteiger partial charge in [0.15, 0.2) is 0 Å². The summed E-state index contributed by atoms with van der Waals surface area (Å²) in [5, 5.41) is 13.7. The van der Waals surface area contributed by atoms with Crippen molar-refractivity contribution in [3.8, 4) is 0 Å². The fourth-order valence-corrected chi connectivity index (χ4v) is 3.22. The molecule has 3 rings (SSSR count). The summed E-state index contributed by atoms with van der Waals surface area (Å²) >= 11 is 0. The average Bonchev–Trinajstić information content (AvgIpc) is 3.23. The lowest BCUT2D eigenvalue weighted by molar-refractivity contribution is -0.384. The van der Waals surface area contributed by atoms with Crippen molar-refractivity contribution in [2.75, 3.05) is 29.9 Å². The molecular formula is C20H20FN3O5. The summed E-state index contributed by atoms with van der Waals surface area (Å²) in [5.74, 6) is -2.16. The minimum absolute atomic E-state index is 0.00332. The van der Waals surface area contributed by atoms with Crippen LogP contribution in [0, 0.1) is 15.9 Å². The van der Waals surface area contributed by atoms with Crippen molar-refractivity contribution in [2.45, 2.75) is 19.8 Å². The highest BCUT2D eigenvalue weighted by Gasteiger charge is 2.22. The third kappa shape index (κ3) is 4.50. The third-order valence-corrected chi connectivity index (χ3v) is 4.58. The molecule has 0 aliphatic carbocycles. The Hall–Kier alpha value is -3.49. The summed E-state index contributed by atoms with van der Waals surface area (Å²) in [6.45, 7) is 3.17. The molecule has 2 aromatic rings. The molecule has 29 heavy (non-hydrogen) atoms. The minimum Gasteiger partial charge on any atom is -0.462 e. The molecular weight excluding hydrogens is 381 g/mol. The predicted octanol–water partition coefficient (Wildman–Crippen LogP) is 3.76. The molecule has 1 amide bonds. The van der Waals surface area contributed by atoms with Gasteiger partial charge >= 0.3 is 5.97 Å². The number of amides is 1. The van der Waals surface area contributed by atoms with Crippen LogP contribution in [0.4, 0.5) is 21.5 Å². The Balaban J connectivity index is 1.95. The lowest BCUT2D eigenvalue weighted by Crippen LogP contribution is -2.22. The van der Waals surface area contributed by atoms with E-state index in [4.69, 9.17) is 4.74 Å². The van der Waals surface area contributed by atoms with Crippen LogP contribution in [0.15, 0.2) is 36.4 Å². The Bertz CT molecular complexity index is 957. The first-order valence-electron chi connectivity index (χ1n) is 9.22. The molecule has 152 valence electrons. The Kier molecular flexibility index (Phi) is 6.06. The van der Waals surface area contributed by atoms with E-state index in [1.807, 2.05) is 4.90 Å². The van der Waals surface area contributed by atoms with Crippen LogP contribution in [-0.4, -0.2) is 36.5 Å². The lowest BCUT2D eigenvalue weighted by atomic mass is 10.1. The highest BCUT2D eigenvalue weighted by atomic mass is 19.1. The van der Waals surface area contributed by atoms with E-state index < -0.39 is 28.3 Å². The largest absolute Gasteiger partial charge is 0.462 e. The molecule has 1 heterocycles. The maximum Gasteiger partial charge on any atom is 0.338 e. The molecule has 1 aliphatic rings. The van der Waals surface area contributed by atoms with E-state index in [0.717, 1.165) is 38.1 Å². The van der Waals surface area contributed by atoms with Gasteiger partial charge in [-0.05, 0) is 38.0 Å². The van der Waals surface area contributed by atoms with Gasteiger partial charge in [0.05, 0.1) is 22.8 Å². The number of nitro benzene ring substituents is 1. The van der Waals surface area contributed by atoms with Crippen LogP contribution in [0.2, 0.25) is 0 Å². The van der Waals surface area contributed by atoms with Crippen molar-refractivity contribution in [3.05, 3.63) is 63.5 Å². The molecule has 2 aromatic carbocycles. The predicted molar refractivity (Wildman–Crippen MR) is 105 cm³/mol. The summed E-state index contributed by atoms with van der Waals surface area (Å²) in [5.41, 5.74) is -0.151. The zero-order valence-electron chi connectivity index (χ0n) is 15.8. The van der Waals surface area contributed by atoms with E-state index in [1.165, 1.54) is 12.1 Å². The van der Waals surface area contributed by atoms with Crippen molar-refractivity contribution in [3.63, 3.8) is 0 Å². The van der Waals surface area contributed by atoms with Gasteiger partial charge in [-0.1, -0.05) is 6.07 Å². The van der Waals surface area contributed by atoms with E-state index in [1.54, 1.807) is 19.1 Å². The Morgan fingerprint density at radius 2 is 1.90 bits per heavy atom. The maximum atomic E-state index is 14.5. The molecule has 0 aromatic heterocycles. The monoisotopic (exact) mass is 401 g/mol. The van der Waals surface area contributed by atoms with E-state index in [0.29, 0.717) is 5.69 Å². The normalized spacial score (nSPS) is 13.2. The first-order valence-corrected chi connectivity index (χ1v) is 9.22. The molecule has 1 fully saturated rings. The van der Waals surface area contributed by atoms with Gasteiger partial charge in [-0.2, -0.15) is 0 Å². The summed E-state index contributed by atoms with van der Waals surface area (Å²) in [4.78, 5) is 37.2. The second kappa shape index (κ2) is 8.68. The number of esters is 1. The number of para-hydroxylation sites is 1. The molecule has 0 bridgehead atoms. The minimum atomic E-state index is -0.783. The van der Waals surface area contributed by atoms with Gasteiger partial charge in [0.1, 0.15) is 11.5 Å². The smallest absolute Gasteiger partial charge is 0.338 e. The van der Waals surface area contributed by atoms with E-state index in [9.17, 15) is 24.1 Å². The first kappa shape index (κ1) is 20.2. The van der Waals surface area contributed by atoms with Crippen LogP contribution >= 0.6 is 0 Å². The van der Waals surface area contributed by atoms with Crippen LogP contribution in [0.3, 0.4) is 0 Å². The van der Waals surface area contributed by atoms with Crippen LogP contribution in [0.25, 0.3) is 0 Å². The second-order valence-corrected chi connectivity index (χ2v) is 6.53. The molecule has 0 radical (unpaired) electrons. The lowest BCUT2D eigenvalue weighted by Gasteiger charge is -2.22. The Labute approximate surface area is 166 Å². The second-order valence-electron chi connectivity index (χ2n) is 6.53. The Morgan fingerprint density at radius 3 is 2.55 bits per heavy atom. The molecule has 1 N–H and O–H groups in total. The number of nitro groups is 1. The number of anilines is 2. The van der Waals surface area contributed by atoms with Crippen molar-refractivity contribution in [1.29, 1.82) is 0 Å². The van der Waals surface area contributed by atoms with Gasteiger partial charge in [0, 0.05) is 30.8 Å². The molecule has 1 aliphatic heterocycles.